The number of carbonyl (C=O) groups is 2. The molecular formula is C24H29N3O5S. The van der Waals surface area contributed by atoms with E-state index >= 15 is 0 Å². The molecule has 0 aliphatic carbocycles. The van der Waals surface area contributed by atoms with Gasteiger partial charge in [0.05, 0.1) is 16.5 Å². The molecule has 1 saturated heterocycles. The van der Waals surface area contributed by atoms with Crippen LogP contribution in [0.4, 0.5) is 11.4 Å². The third kappa shape index (κ3) is 4.47. The largest absolute Gasteiger partial charge is 0.479 e. The zero-order valence-electron chi connectivity index (χ0n) is 19.3. The Morgan fingerprint density at radius 1 is 1.15 bits per heavy atom. The fourth-order valence-corrected chi connectivity index (χ4v) is 6.12. The highest BCUT2D eigenvalue weighted by Crippen LogP contribution is 2.36. The van der Waals surface area contributed by atoms with Crippen LogP contribution in [0.15, 0.2) is 35.2 Å². The quantitative estimate of drug-likeness (QED) is 0.711. The number of aryl methyl sites for hydroxylation is 3. The van der Waals surface area contributed by atoms with E-state index in [2.05, 4.69) is 10.6 Å². The predicted octanol–water partition coefficient (Wildman–Crippen LogP) is 3.37. The fourth-order valence-electron chi connectivity index (χ4n) is 4.37. The second-order valence-electron chi connectivity index (χ2n) is 8.82. The van der Waals surface area contributed by atoms with E-state index in [0.717, 1.165) is 16.8 Å². The number of nitrogens with one attached hydrogen (secondary N) is 2. The summed E-state index contributed by atoms with van der Waals surface area (Å²) < 4.78 is 34.0. The minimum atomic E-state index is -3.85. The molecule has 2 aromatic rings. The molecule has 1 fully saturated rings. The van der Waals surface area contributed by atoms with Crippen LogP contribution in [0.3, 0.4) is 0 Å². The highest BCUT2D eigenvalue weighted by Gasteiger charge is 2.35. The van der Waals surface area contributed by atoms with Crippen molar-refractivity contribution < 1.29 is 22.7 Å². The number of benzene rings is 2. The lowest BCUT2D eigenvalue weighted by Gasteiger charge is -2.32. The van der Waals surface area contributed by atoms with Crippen LogP contribution in [0.25, 0.3) is 0 Å². The highest BCUT2D eigenvalue weighted by molar-refractivity contribution is 7.89. The lowest BCUT2D eigenvalue weighted by molar-refractivity contribution is -0.123. The molecule has 0 radical (unpaired) electrons. The van der Waals surface area contributed by atoms with Crippen LogP contribution >= 0.6 is 0 Å². The SMILES string of the molecule is Cc1cc2c(cc1S(=O)(=O)N1CCC[C@@H](C(=O)Nc3c(C)cccc3C)C1)O[C@@H](C)C(=O)N2. The molecule has 0 aromatic heterocycles. The first-order valence-electron chi connectivity index (χ1n) is 11.1. The highest BCUT2D eigenvalue weighted by atomic mass is 32.2. The maximum absolute atomic E-state index is 13.5. The summed E-state index contributed by atoms with van der Waals surface area (Å²) in [6, 6.07) is 8.89. The van der Waals surface area contributed by atoms with E-state index in [0.29, 0.717) is 36.4 Å². The van der Waals surface area contributed by atoms with Gasteiger partial charge in [-0.3, -0.25) is 9.59 Å². The fraction of sp³-hybridized carbons (Fsp3) is 0.417. The summed E-state index contributed by atoms with van der Waals surface area (Å²) in [5.74, 6) is -0.561. The first kappa shape index (κ1) is 23.3. The van der Waals surface area contributed by atoms with E-state index in [9.17, 15) is 18.0 Å². The maximum Gasteiger partial charge on any atom is 0.265 e. The third-order valence-corrected chi connectivity index (χ3v) is 8.32. The van der Waals surface area contributed by atoms with Gasteiger partial charge in [-0.2, -0.15) is 4.31 Å². The minimum Gasteiger partial charge on any atom is -0.479 e. The molecule has 0 saturated carbocycles. The van der Waals surface area contributed by atoms with Crippen LogP contribution in [0, 0.1) is 26.7 Å². The summed E-state index contributed by atoms with van der Waals surface area (Å²) in [5.41, 5.74) is 3.68. The zero-order chi connectivity index (χ0) is 23.9. The van der Waals surface area contributed by atoms with Crippen LogP contribution in [0.5, 0.6) is 5.75 Å². The zero-order valence-corrected chi connectivity index (χ0v) is 20.1. The summed E-state index contributed by atoms with van der Waals surface area (Å²) in [6.45, 7) is 7.63. The maximum atomic E-state index is 13.5. The Morgan fingerprint density at radius 3 is 2.55 bits per heavy atom. The van der Waals surface area contributed by atoms with Gasteiger partial charge in [0.25, 0.3) is 5.91 Å². The molecule has 2 amide bonds. The number of hydrogen-bond acceptors (Lipinski definition) is 5. The lowest BCUT2D eigenvalue weighted by atomic mass is 9.98. The van der Waals surface area contributed by atoms with Crippen molar-refractivity contribution >= 4 is 33.2 Å². The number of anilines is 2. The van der Waals surface area contributed by atoms with Gasteiger partial charge in [-0.25, -0.2) is 8.42 Å². The molecule has 176 valence electrons. The summed E-state index contributed by atoms with van der Waals surface area (Å²) in [4.78, 5) is 25.0. The van der Waals surface area contributed by atoms with Gasteiger partial charge in [0.2, 0.25) is 15.9 Å². The van der Waals surface area contributed by atoms with Crippen molar-refractivity contribution in [2.75, 3.05) is 23.7 Å². The van der Waals surface area contributed by atoms with Crippen molar-refractivity contribution in [3.63, 3.8) is 0 Å². The number of nitrogens with zero attached hydrogens (tertiary/aromatic N) is 1. The van der Waals surface area contributed by atoms with E-state index < -0.39 is 22.0 Å². The molecule has 2 heterocycles. The first-order chi connectivity index (χ1) is 15.6. The number of para-hydroxylation sites is 1. The van der Waals surface area contributed by atoms with Gasteiger partial charge >= 0.3 is 0 Å². The number of carbonyl (C=O) groups excluding carboxylic acids is 2. The van der Waals surface area contributed by atoms with E-state index in [1.54, 1.807) is 19.9 Å². The minimum absolute atomic E-state index is 0.115. The predicted molar refractivity (Wildman–Crippen MR) is 126 cm³/mol. The Bertz CT molecular complexity index is 1200. The second-order valence-corrected chi connectivity index (χ2v) is 10.7. The summed E-state index contributed by atoms with van der Waals surface area (Å²) >= 11 is 0. The van der Waals surface area contributed by atoms with Crippen molar-refractivity contribution in [2.24, 2.45) is 5.92 Å². The molecule has 2 aliphatic rings. The smallest absolute Gasteiger partial charge is 0.265 e. The average Bonchev–Trinajstić information content (AvgIpc) is 2.77. The molecule has 2 aromatic carbocycles. The molecule has 33 heavy (non-hydrogen) atoms. The van der Waals surface area contributed by atoms with Crippen molar-refractivity contribution in [3.05, 3.63) is 47.0 Å². The second kappa shape index (κ2) is 8.79. The summed E-state index contributed by atoms with van der Waals surface area (Å²) in [6.07, 6.45) is 0.514. The Kier molecular flexibility index (Phi) is 6.20. The van der Waals surface area contributed by atoms with Gasteiger partial charge in [-0.1, -0.05) is 18.2 Å². The summed E-state index contributed by atoms with van der Waals surface area (Å²) in [7, 11) is -3.85. The van der Waals surface area contributed by atoms with Crippen LogP contribution in [0.1, 0.15) is 36.5 Å². The standard InChI is InChI=1S/C24H29N3O5S/c1-14-7-5-8-15(2)22(14)26-24(29)18-9-6-10-27(13-18)33(30,31)21-12-20-19(11-16(21)3)25-23(28)17(4)32-20/h5,7-8,11-12,17-18H,6,9-10,13H2,1-4H3,(H,25,28)(H,26,29)/t17-,18+/m0/s1. The molecule has 4 rings (SSSR count). The number of amides is 2. The van der Waals surface area contributed by atoms with E-state index in [1.807, 2.05) is 32.0 Å². The number of hydrogen-bond donors (Lipinski definition) is 2. The van der Waals surface area contributed by atoms with Gasteiger partial charge in [-0.05, 0) is 63.3 Å². The molecule has 2 N–H and O–H groups in total. The molecule has 0 unspecified atom stereocenters. The number of piperidine rings is 1. The van der Waals surface area contributed by atoms with E-state index in [4.69, 9.17) is 4.74 Å². The van der Waals surface area contributed by atoms with Gasteiger partial charge in [0.15, 0.2) is 6.10 Å². The lowest BCUT2D eigenvalue weighted by Crippen LogP contribution is -2.44. The van der Waals surface area contributed by atoms with Crippen LogP contribution in [0.2, 0.25) is 0 Å². The molecule has 0 spiro atoms. The molecule has 2 atom stereocenters. The number of rotatable bonds is 4. The van der Waals surface area contributed by atoms with Crippen LogP contribution in [-0.4, -0.2) is 43.7 Å². The summed E-state index contributed by atoms with van der Waals surface area (Å²) in [5, 5.41) is 5.74. The molecule has 8 nitrogen and oxygen atoms in total. The Morgan fingerprint density at radius 2 is 1.85 bits per heavy atom. The van der Waals surface area contributed by atoms with Gasteiger partial charge in [-0.15, -0.1) is 0 Å². The number of fused-ring (bicyclic) bond motifs is 1. The monoisotopic (exact) mass is 471 g/mol. The van der Waals surface area contributed by atoms with Crippen LogP contribution < -0.4 is 15.4 Å². The first-order valence-corrected chi connectivity index (χ1v) is 12.5. The van der Waals surface area contributed by atoms with Crippen molar-refractivity contribution in [1.82, 2.24) is 4.31 Å². The van der Waals surface area contributed by atoms with Crippen LogP contribution in [-0.2, 0) is 19.6 Å². The van der Waals surface area contributed by atoms with Gasteiger partial charge < -0.3 is 15.4 Å². The Balaban J connectivity index is 1.56. The molecular weight excluding hydrogens is 442 g/mol. The van der Waals surface area contributed by atoms with Gasteiger partial charge in [0.1, 0.15) is 5.75 Å². The molecule has 9 heteroatoms. The van der Waals surface area contributed by atoms with Crippen molar-refractivity contribution in [1.29, 1.82) is 0 Å². The number of ether oxygens (including phenoxy) is 1. The topological polar surface area (TPSA) is 105 Å². The Labute approximate surface area is 194 Å². The Hall–Kier alpha value is -2.91. The van der Waals surface area contributed by atoms with E-state index in [-0.39, 0.29) is 23.3 Å². The average molecular weight is 472 g/mol. The molecule has 2 aliphatic heterocycles. The van der Waals surface area contributed by atoms with E-state index in [1.165, 1.54) is 10.4 Å². The van der Waals surface area contributed by atoms with Crippen molar-refractivity contribution in [2.45, 2.75) is 51.5 Å². The third-order valence-electron chi connectivity index (χ3n) is 6.31. The normalized spacial score (nSPS) is 21.0. The van der Waals surface area contributed by atoms with Gasteiger partial charge in [0, 0.05) is 24.8 Å². The van der Waals surface area contributed by atoms with Crippen molar-refractivity contribution in [3.8, 4) is 5.75 Å². The number of sulfonamides is 1. The molecule has 0 bridgehead atoms.